The lowest BCUT2D eigenvalue weighted by Crippen LogP contribution is -2.38. The van der Waals surface area contributed by atoms with Crippen LogP contribution < -0.4 is 10.0 Å². The first kappa shape index (κ1) is 15.3. The van der Waals surface area contributed by atoms with E-state index in [1.807, 2.05) is 0 Å². The fraction of sp³-hybridized carbons (Fsp3) is 1.00. The molecule has 2 rings (SSSR count). The monoisotopic (exact) mass is 288 g/mol. The largest absolute Gasteiger partial charge is 0.314 e. The molecule has 112 valence electrons. The third-order valence-corrected chi connectivity index (χ3v) is 6.27. The van der Waals surface area contributed by atoms with Crippen LogP contribution in [0.15, 0.2) is 0 Å². The second-order valence-corrected chi connectivity index (χ2v) is 8.52. The SMILES string of the molecule is CC(C)C1(CNS(=O)(=O)CCC2CCCCN2)CC1. The van der Waals surface area contributed by atoms with Crippen molar-refractivity contribution in [2.24, 2.45) is 11.3 Å². The summed E-state index contributed by atoms with van der Waals surface area (Å²) in [6.07, 6.45) is 6.63. The fourth-order valence-corrected chi connectivity index (χ4v) is 4.16. The molecule has 1 saturated carbocycles. The summed E-state index contributed by atoms with van der Waals surface area (Å²) in [5.41, 5.74) is 0.246. The van der Waals surface area contributed by atoms with Gasteiger partial charge in [0.25, 0.3) is 0 Å². The molecule has 0 aromatic heterocycles. The molecule has 0 radical (unpaired) electrons. The molecular weight excluding hydrogens is 260 g/mol. The summed E-state index contributed by atoms with van der Waals surface area (Å²) in [5.74, 6) is 0.828. The molecule has 0 bridgehead atoms. The Hall–Kier alpha value is -0.130. The number of piperidine rings is 1. The molecular formula is C14H28N2O2S. The molecule has 1 heterocycles. The Labute approximate surface area is 117 Å². The van der Waals surface area contributed by atoms with Crippen LogP contribution in [0.1, 0.15) is 52.4 Å². The van der Waals surface area contributed by atoms with E-state index in [0.717, 1.165) is 32.2 Å². The van der Waals surface area contributed by atoms with Gasteiger partial charge in [-0.3, -0.25) is 0 Å². The maximum Gasteiger partial charge on any atom is 0.211 e. The molecule has 0 spiro atoms. The summed E-state index contributed by atoms with van der Waals surface area (Å²) < 4.78 is 26.9. The molecule has 1 unspecified atom stereocenters. The van der Waals surface area contributed by atoms with Gasteiger partial charge in [-0.15, -0.1) is 0 Å². The predicted molar refractivity (Wildman–Crippen MR) is 78.6 cm³/mol. The van der Waals surface area contributed by atoms with Crippen LogP contribution in [-0.2, 0) is 10.0 Å². The van der Waals surface area contributed by atoms with Gasteiger partial charge in [0.05, 0.1) is 5.75 Å². The van der Waals surface area contributed by atoms with Crippen molar-refractivity contribution in [3.05, 3.63) is 0 Å². The molecule has 1 aliphatic heterocycles. The van der Waals surface area contributed by atoms with Gasteiger partial charge in [0.1, 0.15) is 0 Å². The van der Waals surface area contributed by atoms with E-state index < -0.39 is 10.0 Å². The minimum atomic E-state index is -3.10. The summed E-state index contributed by atoms with van der Waals surface area (Å²) in [7, 11) is -3.10. The normalized spacial score (nSPS) is 26.6. The van der Waals surface area contributed by atoms with Gasteiger partial charge in [0.2, 0.25) is 10.0 Å². The smallest absolute Gasteiger partial charge is 0.211 e. The van der Waals surface area contributed by atoms with E-state index in [0.29, 0.717) is 18.5 Å². The lowest BCUT2D eigenvalue weighted by Gasteiger charge is -2.24. The molecule has 1 atom stereocenters. The molecule has 0 aromatic carbocycles. The van der Waals surface area contributed by atoms with Crippen molar-refractivity contribution in [3.63, 3.8) is 0 Å². The third-order valence-electron chi connectivity index (χ3n) is 4.91. The zero-order chi connectivity index (χ0) is 13.9. The molecule has 0 aromatic rings. The quantitative estimate of drug-likeness (QED) is 0.752. The lowest BCUT2D eigenvalue weighted by molar-refractivity contribution is 0.356. The number of hydrogen-bond acceptors (Lipinski definition) is 3. The molecule has 1 saturated heterocycles. The Morgan fingerprint density at radius 3 is 2.58 bits per heavy atom. The molecule has 2 N–H and O–H groups in total. The summed E-state index contributed by atoms with van der Waals surface area (Å²) in [5, 5.41) is 3.40. The van der Waals surface area contributed by atoms with Gasteiger partial charge in [-0.2, -0.15) is 0 Å². The lowest BCUT2D eigenvalue weighted by atomic mass is 9.93. The van der Waals surface area contributed by atoms with Crippen molar-refractivity contribution >= 4 is 10.0 Å². The van der Waals surface area contributed by atoms with E-state index in [1.165, 1.54) is 12.8 Å². The fourth-order valence-electron chi connectivity index (χ4n) is 2.91. The van der Waals surface area contributed by atoms with Crippen molar-refractivity contribution in [2.75, 3.05) is 18.8 Å². The predicted octanol–water partition coefficient (Wildman–Crippen LogP) is 1.87. The minimum Gasteiger partial charge on any atom is -0.314 e. The molecule has 2 aliphatic rings. The number of hydrogen-bond donors (Lipinski definition) is 2. The highest BCUT2D eigenvalue weighted by Gasteiger charge is 2.45. The van der Waals surface area contributed by atoms with Crippen LogP contribution in [0, 0.1) is 11.3 Å². The highest BCUT2D eigenvalue weighted by molar-refractivity contribution is 7.89. The second kappa shape index (κ2) is 6.10. The molecule has 2 fully saturated rings. The first-order valence-electron chi connectivity index (χ1n) is 7.64. The first-order valence-corrected chi connectivity index (χ1v) is 9.29. The Bertz CT molecular complexity index is 382. The summed E-state index contributed by atoms with van der Waals surface area (Å²) in [6, 6.07) is 0.394. The van der Waals surface area contributed by atoms with Crippen LogP contribution in [0.25, 0.3) is 0 Å². The Kier molecular flexibility index (Phi) is 4.90. The van der Waals surface area contributed by atoms with Gasteiger partial charge >= 0.3 is 0 Å². The number of nitrogens with one attached hydrogen (secondary N) is 2. The van der Waals surface area contributed by atoms with Crippen molar-refractivity contribution in [1.82, 2.24) is 10.0 Å². The van der Waals surface area contributed by atoms with Crippen molar-refractivity contribution in [2.45, 2.75) is 58.4 Å². The van der Waals surface area contributed by atoms with E-state index in [9.17, 15) is 8.42 Å². The van der Waals surface area contributed by atoms with Crippen LogP contribution in [0.2, 0.25) is 0 Å². The number of rotatable bonds is 7. The van der Waals surface area contributed by atoms with Gasteiger partial charge in [0.15, 0.2) is 0 Å². The highest BCUT2D eigenvalue weighted by atomic mass is 32.2. The Balaban J connectivity index is 1.72. The maximum absolute atomic E-state index is 12.0. The van der Waals surface area contributed by atoms with Gasteiger partial charge in [-0.1, -0.05) is 20.3 Å². The van der Waals surface area contributed by atoms with E-state index in [2.05, 4.69) is 23.9 Å². The van der Waals surface area contributed by atoms with E-state index in [-0.39, 0.29) is 11.2 Å². The zero-order valence-electron chi connectivity index (χ0n) is 12.2. The van der Waals surface area contributed by atoms with E-state index in [4.69, 9.17) is 0 Å². The van der Waals surface area contributed by atoms with E-state index in [1.54, 1.807) is 0 Å². The Morgan fingerprint density at radius 2 is 2.05 bits per heavy atom. The zero-order valence-corrected chi connectivity index (χ0v) is 13.1. The van der Waals surface area contributed by atoms with Crippen LogP contribution in [0.4, 0.5) is 0 Å². The summed E-state index contributed by atoms with van der Waals surface area (Å²) >= 11 is 0. The molecule has 4 nitrogen and oxygen atoms in total. The highest BCUT2D eigenvalue weighted by Crippen LogP contribution is 2.51. The summed E-state index contributed by atoms with van der Waals surface area (Å²) in [4.78, 5) is 0. The van der Waals surface area contributed by atoms with Crippen molar-refractivity contribution < 1.29 is 8.42 Å². The molecule has 0 amide bonds. The van der Waals surface area contributed by atoms with Crippen LogP contribution in [0.3, 0.4) is 0 Å². The van der Waals surface area contributed by atoms with E-state index >= 15 is 0 Å². The van der Waals surface area contributed by atoms with Gasteiger partial charge in [0, 0.05) is 12.6 Å². The third kappa shape index (κ3) is 4.43. The van der Waals surface area contributed by atoms with Crippen LogP contribution in [0.5, 0.6) is 0 Å². The number of sulfonamides is 1. The standard InChI is InChI=1S/C14H28N2O2S/c1-12(2)14(7-8-14)11-16-19(17,18)10-6-13-5-3-4-9-15-13/h12-13,15-16H,3-11H2,1-2H3. The molecule has 1 aliphatic carbocycles. The maximum atomic E-state index is 12.0. The average molecular weight is 288 g/mol. The molecule has 19 heavy (non-hydrogen) atoms. The van der Waals surface area contributed by atoms with Gasteiger partial charge < -0.3 is 5.32 Å². The van der Waals surface area contributed by atoms with Crippen LogP contribution in [-0.4, -0.2) is 33.3 Å². The minimum absolute atomic E-state index is 0.246. The molecule has 5 heteroatoms. The first-order chi connectivity index (χ1) is 8.94. The van der Waals surface area contributed by atoms with Gasteiger partial charge in [-0.05, 0) is 50.0 Å². The van der Waals surface area contributed by atoms with Crippen LogP contribution >= 0.6 is 0 Å². The second-order valence-electron chi connectivity index (χ2n) is 6.59. The topological polar surface area (TPSA) is 58.2 Å². The average Bonchev–Trinajstić information content (AvgIpc) is 3.17. The van der Waals surface area contributed by atoms with Crippen molar-refractivity contribution in [3.8, 4) is 0 Å². The van der Waals surface area contributed by atoms with Crippen molar-refractivity contribution in [1.29, 1.82) is 0 Å². The van der Waals surface area contributed by atoms with Gasteiger partial charge in [-0.25, -0.2) is 13.1 Å². The Morgan fingerprint density at radius 1 is 1.32 bits per heavy atom. The summed E-state index contributed by atoms with van der Waals surface area (Å²) in [6.45, 7) is 6.04.